The minimum Gasteiger partial charge on any atom is -0.355 e. The highest BCUT2D eigenvalue weighted by atomic mass is 32.2. The molecule has 8 nitrogen and oxygen atoms in total. The highest BCUT2D eigenvalue weighted by Gasteiger charge is 2.21. The first-order valence-corrected chi connectivity index (χ1v) is 11.8. The van der Waals surface area contributed by atoms with Gasteiger partial charge in [-0.05, 0) is 43.2 Å². The Balaban J connectivity index is 1.42. The van der Waals surface area contributed by atoms with Gasteiger partial charge >= 0.3 is 0 Å². The smallest absolute Gasteiger partial charge is 0.240 e. The Morgan fingerprint density at radius 3 is 2.35 bits per heavy atom. The number of aryl methyl sites for hydroxylation is 1. The molecule has 2 aromatic rings. The Kier molecular flexibility index (Phi) is 7.64. The van der Waals surface area contributed by atoms with E-state index < -0.39 is 10.0 Å². The summed E-state index contributed by atoms with van der Waals surface area (Å²) in [6.07, 6.45) is 1.53. The molecule has 0 bridgehead atoms. The average Bonchev–Trinajstić information content (AvgIpc) is 3.20. The first-order chi connectivity index (χ1) is 14.9. The third-order valence-corrected chi connectivity index (χ3v) is 6.52. The lowest BCUT2D eigenvalue weighted by molar-refractivity contribution is -0.117. The van der Waals surface area contributed by atoms with Crippen LogP contribution >= 0.6 is 0 Å². The lowest BCUT2D eigenvalue weighted by Gasteiger charge is -2.16. The number of hydrogen-bond donors (Lipinski definition) is 3. The number of amides is 1. The Bertz CT molecular complexity index is 1020. The lowest BCUT2D eigenvalue weighted by Crippen LogP contribution is -2.41. The molecule has 0 radical (unpaired) electrons. The number of benzene rings is 2. The van der Waals surface area contributed by atoms with Crippen LogP contribution in [0.3, 0.4) is 0 Å². The Morgan fingerprint density at radius 2 is 1.74 bits per heavy atom. The summed E-state index contributed by atoms with van der Waals surface area (Å²) in [6, 6.07) is 14.6. The van der Waals surface area contributed by atoms with Crippen molar-refractivity contribution in [3.63, 3.8) is 0 Å². The Morgan fingerprint density at radius 1 is 1.03 bits per heavy atom. The molecule has 1 fully saturated rings. The van der Waals surface area contributed by atoms with Gasteiger partial charge in [0.1, 0.15) is 0 Å². The molecule has 1 heterocycles. The number of sulfonamides is 1. The molecule has 1 aliphatic heterocycles. The third kappa shape index (κ3) is 6.28. The van der Waals surface area contributed by atoms with Crippen LogP contribution in [-0.4, -0.2) is 47.0 Å². The van der Waals surface area contributed by atoms with Crippen molar-refractivity contribution in [1.29, 1.82) is 0 Å². The molecular weight excluding hydrogens is 414 g/mol. The SMILES string of the molecule is CN=C(NCCNS(=O)(=O)c1ccc(C)cc1)NCc1ccc(N2CCCC2=O)cc1. The lowest BCUT2D eigenvalue weighted by atomic mass is 10.2. The van der Waals surface area contributed by atoms with Crippen molar-refractivity contribution < 1.29 is 13.2 Å². The van der Waals surface area contributed by atoms with Gasteiger partial charge < -0.3 is 15.5 Å². The monoisotopic (exact) mass is 443 g/mol. The standard InChI is InChI=1S/C22H29N5O3S/c1-17-5-11-20(12-6-17)31(29,30)26-14-13-24-22(23-2)25-16-18-7-9-19(10-8-18)27-15-3-4-21(27)28/h5-12,26H,3-4,13-16H2,1-2H3,(H2,23,24,25). The van der Waals surface area contributed by atoms with E-state index >= 15 is 0 Å². The highest BCUT2D eigenvalue weighted by Crippen LogP contribution is 2.21. The van der Waals surface area contributed by atoms with Crippen LogP contribution in [0, 0.1) is 6.92 Å². The Labute approximate surface area is 183 Å². The van der Waals surface area contributed by atoms with Gasteiger partial charge in [0.05, 0.1) is 4.90 Å². The van der Waals surface area contributed by atoms with Crippen molar-refractivity contribution in [3.05, 3.63) is 59.7 Å². The molecule has 0 aliphatic carbocycles. The van der Waals surface area contributed by atoms with Gasteiger partial charge in [-0.15, -0.1) is 0 Å². The maximum atomic E-state index is 12.3. The van der Waals surface area contributed by atoms with Crippen molar-refractivity contribution in [1.82, 2.24) is 15.4 Å². The fourth-order valence-corrected chi connectivity index (χ4v) is 4.32. The molecule has 1 aliphatic rings. The molecule has 1 saturated heterocycles. The second kappa shape index (κ2) is 10.4. The molecule has 1 amide bonds. The molecule has 0 spiro atoms. The summed E-state index contributed by atoms with van der Waals surface area (Å²) >= 11 is 0. The molecule has 9 heteroatoms. The summed E-state index contributed by atoms with van der Waals surface area (Å²) in [4.78, 5) is 18.1. The summed E-state index contributed by atoms with van der Waals surface area (Å²) in [6.45, 7) is 3.87. The van der Waals surface area contributed by atoms with Gasteiger partial charge in [0, 0.05) is 45.3 Å². The van der Waals surface area contributed by atoms with E-state index in [0.29, 0.717) is 25.5 Å². The van der Waals surface area contributed by atoms with Gasteiger partial charge in [0.25, 0.3) is 0 Å². The molecule has 0 atom stereocenters. The van der Waals surface area contributed by atoms with E-state index in [1.807, 2.05) is 36.1 Å². The second-order valence-electron chi connectivity index (χ2n) is 7.38. The molecule has 3 N–H and O–H groups in total. The van der Waals surface area contributed by atoms with Crippen molar-refractivity contribution in [2.75, 3.05) is 31.6 Å². The zero-order valence-electron chi connectivity index (χ0n) is 17.9. The van der Waals surface area contributed by atoms with Crippen LogP contribution in [0.1, 0.15) is 24.0 Å². The molecule has 0 aromatic heterocycles. The van der Waals surface area contributed by atoms with Gasteiger partial charge in [-0.3, -0.25) is 9.79 Å². The number of aliphatic imine (C=N–C) groups is 1. The number of hydrogen-bond acceptors (Lipinski definition) is 4. The molecule has 0 saturated carbocycles. The molecular formula is C22H29N5O3S. The summed E-state index contributed by atoms with van der Waals surface area (Å²) in [7, 11) is -1.87. The topological polar surface area (TPSA) is 103 Å². The summed E-state index contributed by atoms with van der Waals surface area (Å²) in [5.41, 5.74) is 2.99. The maximum Gasteiger partial charge on any atom is 0.240 e. The third-order valence-electron chi connectivity index (χ3n) is 5.05. The average molecular weight is 444 g/mol. The van der Waals surface area contributed by atoms with E-state index in [9.17, 15) is 13.2 Å². The first-order valence-electron chi connectivity index (χ1n) is 10.3. The number of guanidine groups is 1. The number of rotatable bonds is 8. The molecule has 3 rings (SSSR count). The van der Waals surface area contributed by atoms with Crippen LogP contribution in [0.15, 0.2) is 58.4 Å². The second-order valence-corrected chi connectivity index (χ2v) is 9.15. The predicted molar refractivity (Wildman–Crippen MR) is 123 cm³/mol. The van der Waals surface area contributed by atoms with Crippen LogP contribution < -0.4 is 20.3 Å². The van der Waals surface area contributed by atoms with Crippen molar-refractivity contribution in [2.24, 2.45) is 4.99 Å². The van der Waals surface area contributed by atoms with Gasteiger partial charge in [-0.2, -0.15) is 0 Å². The number of carbonyl (C=O) groups is 1. The predicted octanol–water partition coefficient (Wildman–Crippen LogP) is 1.77. The summed E-state index contributed by atoms with van der Waals surface area (Å²) in [5, 5.41) is 6.29. The van der Waals surface area contributed by atoms with Gasteiger partial charge in [0.2, 0.25) is 15.9 Å². The molecule has 166 valence electrons. The van der Waals surface area contributed by atoms with Gasteiger partial charge in [-0.1, -0.05) is 29.8 Å². The van der Waals surface area contributed by atoms with E-state index in [-0.39, 0.29) is 17.3 Å². The van der Waals surface area contributed by atoms with Gasteiger partial charge in [-0.25, -0.2) is 13.1 Å². The number of carbonyl (C=O) groups excluding carboxylic acids is 1. The van der Waals surface area contributed by atoms with Crippen LogP contribution in [0.2, 0.25) is 0 Å². The molecule has 2 aromatic carbocycles. The van der Waals surface area contributed by atoms with E-state index in [1.54, 1.807) is 31.3 Å². The minimum absolute atomic E-state index is 0.175. The van der Waals surface area contributed by atoms with Gasteiger partial charge in [0.15, 0.2) is 5.96 Å². The quantitative estimate of drug-likeness (QED) is 0.328. The number of nitrogens with one attached hydrogen (secondary N) is 3. The zero-order chi connectivity index (χ0) is 22.3. The van der Waals surface area contributed by atoms with Crippen LogP contribution in [0.5, 0.6) is 0 Å². The number of anilines is 1. The molecule has 0 unspecified atom stereocenters. The number of nitrogens with zero attached hydrogens (tertiary/aromatic N) is 2. The van der Waals surface area contributed by atoms with Crippen LogP contribution in [0.4, 0.5) is 5.69 Å². The fourth-order valence-electron chi connectivity index (χ4n) is 3.29. The van der Waals surface area contributed by atoms with Crippen molar-refractivity contribution in [2.45, 2.75) is 31.2 Å². The maximum absolute atomic E-state index is 12.3. The fraction of sp³-hybridized carbons (Fsp3) is 0.364. The first kappa shape index (κ1) is 22.8. The highest BCUT2D eigenvalue weighted by molar-refractivity contribution is 7.89. The minimum atomic E-state index is -3.53. The normalized spacial score (nSPS) is 14.7. The van der Waals surface area contributed by atoms with Crippen LogP contribution in [0.25, 0.3) is 0 Å². The molecule has 31 heavy (non-hydrogen) atoms. The van der Waals surface area contributed by atoms with E-state index in [4.69, 9.17) is 0 Å². The van der Waals surface area contributed by atoms with Crippen molar-refractivity contribution >= 4 is 27.6 Å². The van der Waals surface area contributed by atoms with E-state index in [0.717, 1.165) is 29.8 Å². The Hall–Kier alpha value is -2.91. The van der Waals surface area contributed by atoms with E-state index in [2.05, 4.69) is 20.3 Å². The zero-order valence-corrected chi connectivity index (χ0v) is 18.7. The largest absolute Gasteiger partial charge is 0.355 e. The summed E-state index contributed by atoms with van der Waals surface area (Å²) in [5.74, 6) is 0.752. The van der Waals surface area contributed by atoms with Crippen molar-refractivity contribution in [3.8, 4) is 0 Å². The summed E-state index contributed by atoms with van der Waals surface area (Å²) < 4.78 is 27.2. The van der Waals surface area contributed by atoms with E-state index in [1.165, 1.54) is 0 Å². The van der Waals surface area contributed by atoms with Crippen LogP contribution in [-0.2, 0) is 21.4 Å².